The van der Waals surface area contributed by atoms with Crippen LogP contribution in [0.3, 0.4) is 0 Å². The largest absolute Gasteiger partial charge is 0.353 e. The standard InChI is InChI=1S/C24H31ClN8O/c1-16-11-26-8-10-32(16)23-28-12-18(25)21(29-23)31-14-17(15-31)22(34)30(4)24(2,3)19-13-27-20-7-5-6-9-33(19)20/h5-7,9,12-13,16-17,26H,8,10-11,14-15H2,1-4H3/t16-/m1/s1. The lowest BCUT2D eigenvalue weighted by Gasteiger charge is -2.44. The molecule has 0 aromatic carbocycles. The number of aromatic nitrogens is 4. The molecule has 5 heterocycles. The molecule has 34 heavy (non-hydrogen) atoms. The smallest absolute Gasteiger partial charge is 0.229 e. The van der Waals surface area contributed by atoms with Gasteiger partial charge in [0.1, 0.15) is 10.7 Å². The van der Waals surface area contributed by atoms with Crippen molar-refractivity contribution in [2.75, 3.05) is 49.6 Å². The number of halogens is 1. The molecule has 1 atom stereocenters. The van der Waals surface area contributed by atoms with Gasteiger partial charge in [0.05, 0.1) is 29.5 Å². The Morgan fingerprint density at radius 3 is 2.79 bits per heavy atom. The third-order valence-corrected chi connectivity index (χ3v) is 7.48. The predicted octanol–water partition coefficient (Wildman–Crippen LogP) is 2.41. The van der Waals surface area contributed by atoms with Crippen LogP contribution in [0.2, 0.25) is 5.02 Å². The van der Waals surface area contributed by atoms with Gasteiger partial charge in [-0.3, -0.25) is 4.79 Å². The third-order valence-electron chi connectivity index (χ3n) is 7.21. The molecule has 2 saturated heterocycles. The maximum absolute atomic E-state index is 13.4. The van der Waals surface area contributed by atoms with E-state index in [1.165, 1.54) is 0 Å². The molecule has 1 amide bonds. The first-order chi connectivity index (χ1) is 16.3. The molecule has 1 N–H and O–H groups in total. The van der Waals surface area contributed by atoms with Crippen LogP contribution in [-0.2, 0) is 10.3 Å². The molecule has 10 heteroatoms. The number of hydrogen-bond acceptors (Lipinski definition) is 7. The summed E-state index contributed by atoms with van der Waals surface area (Å²) < 4.78 is 2.04. The molecule has 2 aliphatic heterocycles. The Morgan fingerprint density at radius 1 is 1.24 bits per heavy atom. The highest BCUT2D eigenvalue weighted by molar-refractivity contribution is 6.32. The zero-order chi connectivity index (χ0) is 24.0. The number of carbonyl (C=O) groups is 1. The Morgan fingerprint density at radius 2 is 2.03 bits per heavy atom. The van der Waals surface area contributed by atoms with Crippen LogP contribution >= 0.6 is 11.6 Å². The highest BCUT2D eigenvalue weighted by atomic mass is 35.5. The van der Waals surface area contributed by atoms with E-state index >= 15 is 0 Å². The van der Waals surface area contributed by atoms with Gasteiger partial charge in [-0.1, -0.05) is 17.7 Å². The van der Waals surface area contributed by atoms with E-state index in [4.69, 9.17) is 16.6 Å². The summed E-state index contributed by atoms with van der Waals surface area (Å²) in [6, 6.07) is 6.21. The van der Waals surface area contributed by atoms with Crippen molar-refractivity contribution in [3.05, 3.63) is 47.5 Å². The first-order valence-electron chi connectivity index (χ1n) is 11.7. The molecule has 3 aromatic rings. The highest BCUT2D eigenvalue weighted by Gasteiger charge is 2.41. The van der Waals surface area contributed by atoms with Gasteiger partial charge in [0.2, 0.25) is 11.9 Å². The third kappa shape index (κ3) is 3.86. The van der Waals surface area contributed by atoms with Crippen molar-refractivity contribution >= 4 is 34.9 Å². The zero-order valence-corrected chi connectivity index (χ0v) is 20.8. The molecule has 0 radical (unpaired) electrons. The maximum Gasteiger partial charge on any atom is 0.229 e. The van der Waals surface area contributed by atoms with Gasteiger partial charge in [-0.05, 0) is 32.9 Å². The lowest BCUT2D eigenvalue weighted by molar-refractivity contribution is -0.140. The van der Waals surface area contributed by atoms with Gasteiger partial charge in [0.15, 0.2) is 5.82 Å². The molecule has 180 valence electrons. The minimum absolute atomic E-state index is 0.105. The van der Waals surface area contributed by atoms with E-state index in [9.17, 15) is 4.79 Å². The van der Waals surface area contributed by atoms with Gasteiger partial charge >= 0.3 is 0 Å². The number of pyridine rings is 1. The van der Waals surface area contributed by atoms with Crippen LogP contribution in [-0.4, -0.2) is 76.0 Å². The number of fused-ring (bicyclic) bond motifs is 1. The number of hydrogen-bond donors (Lipinski definition) is 1. The fourth-order valence-corrected chi connectivity index (χ4v) is 4.97. The summed E-state index contributed by atoms with van der Waals surface area (Å²) in [7, 11) is 1.87. The Kier molecular flexibility index (Phi) is 5.85. The van der Waals surface area contributed by atoms with Gasteiger partial charge in [0.25, 0.3) is 0 Å². The maximum atomic E-state index is 13.4. The quantitative estimate of drug-likeness (QED) is 0.598. The SMILES string of the molecule is C[C@@H]1CNCCN1c1ncc(Cl)c(N2CC(C(=O)N(C)C(C)(C)c3cnc4ccccn34)C2)n1. The number of nitrogens with zero attached hydrogens (tertiary/aromatic N) is 7. The molecule has 0 unspecified atom stereocenters. The Balaban J connectivity index is 1.29. The van der Waals surface area contributed by atoms with Gasteiger partial charge in [0, 0.05) is 52.0 Å². The summed E-state index contributed by atoms with van der Waals surface area (Å²) in [5, 5.41) is 3.90. The van der Waals surface area contributed by atoms with Gasteiger partial charge in [-0.25, -0.2) is 9.97 Å². The average Bonchev–Trinajstić information content (AvgIpc) is 3.24. The van der Waals surface area contributed by atoms with E-state index in [2.05, 4.69) is 45.9 Å². The first kappa shape index (κ1) is 22.9. The number of rotatable bonds is 5. The number of nitrogens with one attached hydrogen (secondary N) is 1. The van der Waals surface area contributed by atoms with Crippen molar-refractivity contribution in [3.63, 3.8) is 0 Å². The second-order valence-electron chi connectivity index (χ2n) is 9.72. The van der Waals surface area contributed by atoms with Crippen LogP contribution in [0.25, 0.3) is 5.65 Å². The molecule has 0 saturated carbocycles. The summed E-state index contributed by atoms with van der Waals surface area (Å²) in [5.41, 5.74) is 1.33. The van der Waals surface area contributed by atoms with E-state index in [-0.39, 0.29) is 11.8 Å². The van der Waals surface area contributed by atoms with Crippen molar-refractivity contribution in [2.24, 2.45) is 5.92 Å². The van der Waals surface area contributed by atoms with E-state index in [0.29, 0.717) is 35.9 Å². The molecule has 3 aromatic heterocycles. The monoisotopic (exact) mass is 482 g/mol. The summed E-state index contributed by atoms with van der Waals surface area (Å²) in [6.07, 6.45) is 5.51. The van der Waals surface area contributed by atoms with Crippen LogP contribution in [0.4, 0.5) is 11.8 Å². The van der Waals surface area contributed by atoms with Crippen molar-refractivity contribution in [1.82, 2.24) is 29.6 Å². The molecule has 0 bridgehead atoms. The van der Waals surface area contributed by atoms with Gasteiger partial charge in [-0.2, -0.15) is 4.98 Å². The number of imidazole rings is 1. The fraction of sp³-hybridized carbons (Fsp3) is 0.500. The Labute approximate surface area is 204 Å². The van der Waals surface area contributed by atoms with Crippen LogP contribution in [0.5, 0.6) is 0 Å². The van der Waals surface area contributed by atoms with Crippen molar-refractivity contribution in [2.45, 2.75) is 32.4 Å². The van der Waals surface area contributed by atoms with Gasteiger partial charge < -0.3 is 24.4 Å². The van der Waals surface area contributed by atoms with E-state index in [1.807, 2.05) is 46.9 Å². The van der Waals surface area contributed by atoms with Crippen LogP contribution in [0.15, 0.2) is 36.8 Å². The molecular formula is C24H31ClN8O. The normalized spacial score (nSPS) is 19.4. The highest BCUT2D eigenvalue weighted by Crippen LogP contribution is 2.34. The molecule has 5 rings (SSSR count). The van der Waals surface area contributed by atoms with Crippen molar-refractivity contribution < 1.29 is 4.79 Å². The zero-order valence-electron chi connectivity index (χ0n) is 20.1. The minimum atomic E-state index is -0.517. The average molecular weight is 483 g/mol. The molecule has 0 aliphatic carbocycles. The Bertz CT molecular complexity index is 1200. The summed E-state index contributed by atoms with van der Waals surface area (Å²) in [6.45, 7) is 10.1. The molecule has 2 aliphatic rings. The predicted molar refractivity (Wildman–Crippen MR) is 133 cm³/mol. The number of carbonyl (C=O) groups excluding carboxylic acids is 1. The second kappa shape index (κ2) is 8.70. The molecule has 0 spiro atoms. The molecule has 2 fully saturated rings. The number of amides is 1. The van der Waals surface area contributed by atoms with Crippen LogP contribution < -0.4 is 15.1 Å². The topological polar surface area (TPSA) is 81.9 Å². The van der Waals surface area contributed by atoms with Crippen molar-refractivity contribution in [3.8, 4) is 0 Å². The summed E-state index contributed by atoms with van der Waals surface area (Å²) in [5.74, 6) is 1.38. The molecule has 9 nitrogen and oxygen atoms in total. The lowest BCUT2D eigenvalue weighted by Crippen LogP contribution is -2.57. The number of anilines is 2. The first-order valence-corrected chi connectivity index (χ1v) is 12.1. The summed E-state index contributed by atoms with van der Waals surface area (Å²) >= 11 is 6.46. The minimum Gasteiger partial charge on any atom is -0.353 e. The fourth-order valence-electron chi connectivity index (χ4n) is 4.76. The van der Waals surface area contributed by atoms with Crippen LogP contribution in [0, 0.1) is 5.92 Å². The second-order valence-corrected chi connectivity index (χ2v) is 10.1. The van der Waals surface area contributed by atoms with Crippen molar-refractivity contribution in [1.29, 1.82) is 0 Å². The van der Waals surface area contributed by atoms with E-state index in [1.54, 1.807) is 6.20 Å². The lowest BCUT2D eigenvalue weighted by atomic mass is 9.93. The van der Waals surface area contributed by atoms with E-state index in [0.717, 1.165) is 31.0 Å². The van der Waals surface area contributed by atoms with Crippen LogP contribution in [0.1, 0.15) is 26.5 Å². The van der Waals surface area contributed by atoms with Gasteiger partial charge in [-0.15, -0.1) is 0 Å². The van der Waals surface area contributed by atoms with E-state index < -0.39 is 5.54 Å². The Hall–Kier alpha value is -2.91. The summed E-state index contributed by atoms with van der Waals surface area (Å²) in [4.78, 5) is 33.3. The number of piperazine rings is 1. The molecular weight excluding hydrogens is 452 g/mol.